The van der Waals surface area contributed by atoms with E-state index in [1.807, 2.05) is 6.92 Å². The zero-order valence-corrected chi connectivity index (χ0v) is 9.34. The topological polar surface area (TPSA) is 49.0 Å². The maximum atomic E-state index is 11.3. The van der Waals surface area contributed by atoms with Crippen molar-refractivity contribution < 1.29 is 4.79 Å². The van der Waals surface area contributed by atoms with Gasteiger partial charge in [-0.3, -0.25) is 4.79 Å². The second-order valence-corrected chi connectivity index (χ2v) is 3.72. The molecule has 0 aliphatic rings. The molecule has 0 aromatic carbocycles. The van der Waals surface area contributed by atoms with Gasteiger partial charge in [0.2, 0.25) is 0 Å². The fraction of sp³-hybridized carbons (Fsp3) is 0.429. The highest BCUT2D eigenvalue weighted by molar-refractivity contribution is 14.1. The zero-order valence-electron chi connectivity index (χ0n) is 7.18. The number of halogens is 1. The van der Waals surface area contributed by atoms with Crippen LogP contribution in [0.4, 0.5) is 0 Å². The number of aromatic nitrogens is 2. The molecule has 1 N–H and O–H groups in total. The van der Waals surface area contributed by atoms with Crippen LogP contribution in [0.15, 0.2) is 0 Å². The first-order valence-electron chi connectivity index (χ1n) is 3.46. The molecular weight excluding hydrogens is 269 g/mol. The summed E-state index contributed by atoms with van der Waals surface area (Å²) in [5.41, 5.74) is 0.931. The van der Waals surface area contributed by atoms with Crippen molar-refractivity contribution >= 4 is 28.5 Å². The minimum Gasteiger partial charge on any atom is -0.342 e. The molecule has 1 amide bonds. The average Bonchev–Trinajstić information content (AvgIpc) is 2.30. The van der Waals surface area contributed by atoms with Crippen LogP contribution < -0.4 is 0 Å². The molecule has 0 radical (unpaired) electrons. The van der Waals surface area contributed by atoms with Crippen LogP contribution in [0.5, 0.6) is 0 Å². The monoisotopic (exact) mass is 279 g/mol. The summed E-state index contributed by atoms with van der Waals surface area (Å²) in [4.78, 5) is 19.8. The standard InChI is InChI=1S/C7H10IN3O/c1-4-5(8)10-6(9-4)7(12)11(2)3/h1-3H3,(H,9,10). The first kappa shape index (κ1) is 9.50. The molecule has 0 unspecified atom stereocenters. The van der Waals surface area contributed by atoms with Crippen LogP contribution in [0.25, 0.3) is 0 Å². The predicted molar refractivity (Wildman–Crippen MR) is 54.1 cm³/mol. The van der Waals surface area contributed by atoms with Gasteiger partial charge in [0.15, 0.2) is 5.82 Å². The predicted octanol–water partition coefficient (Wildman–Crippen LogP) is 1.02. The number of nitrogens with zero attached hydrogens (tertiary/aromatic N) is 2. The summed E-state index contributed by atoms with van der Waals surface area (Å²) in [6.07, 6.45) is 0. The number of carbonyl (C=O) groups excluding carboxylic acids is 1. The summed E-state index contributed by atoms with van der Waals surface area (Å²) < 4.78 is 0.845. The van der Waals surface area contributed by atoms with E-state index in [9.17, 15) is 4.79 Å². The molecule has 0 bridgehead atoms. The number of nitrogens with one attached hydrogen (secondary N) is 1. The molecule has 12 heavy (non-hydrogen) atoms. The van der Waals surface area contributed by atoms with Crippen molar-refractivity contribution in [1.82, 2.24) is 14.9 Å². The number of aryl methyl sites for hydroxylation is 1. The number of aromatic amines is 1. The van der Waals surface area contributed by atoms with Crippen LogP contribution in [0.3, 0.4) is 0 Å². The van der Waals surface area contributed by atoms with Gasteiger partial charge in [-0.25, -0.2) is 4.98 Å². The van der Waals surface area contributed by atoms with E-state index in [-0.39, 0.29) is 5.91 Å². The van der Waals surface area contributed by atoms with Crippen LogP contribution in [0.1, 0.15) is 16.3 Å². The van der Waals surface area contributed by atoms with Crippen molar-refractivity contribution in [2.24, 2.45) is 0 Å². The molecule has 0 fully saturated rings. The van der Waals surface area contributed by atoms with E-state index >= 15 is 0 Å². The number of H-pyrrole nitrogens is 1. The third-order valence-corrected chi connectivity index (χ3v) is 2.48. The van der Waals surface area contributed by atoms with E-state index in [0.29, 0.717) is 5.82 Å². The van der Waals surface area contributed by atoms with E-state index in [2.05, 4.69) is 32.6 Å². The van der Waals surface area contributed by atoms with E-state index < -0.39 is 0 Å². The Balaban J connectivity index is 2.97. The molecule has 1 heterocycles. The summed E-state index contributed by atoms with van der Waals surface area (Å²) in [5, 5.41) is 0. The first-order valence-corrected chi connectivity index (χ1v) is 4.54. The maximum absolute atomic E-state index is 11.3. The van der Waals surface area contributed by atoms with Crippen LogP contribution in [-0.4, -0.2) is 34.9 Å². The van der Waals surface area contributed by atoms with E-state index in [4.69, 9.17) is 0 Å². The number of imidazole rings is 1. The molecule has 66 valence electrons. The zero-order chi connectivity index (χ0) is 9.30. The van der Waals surface area contributed by atoms with Crippen molar-refractivity contribution in [3.8, 4) is 0 Å². The summed E-state index contributed by atoms with van der Waals surface area (Å²) in [6, 6.07) is 0. The molecule has 5 heteroatoms. The Bertz CT molecular complexity index is 286. The Labute approximate surface area is 84.5 Å². The van der Waals surface area contributed by atoms with Gasteiger partial charge in [-0.1, -0.05) is 0 Å². The smallest absolute Gasteiger partial charge is 0.289 e. The molecule has 1 aromatic heterocycles. The Hall–Kier alpha value is -0.590. The molecule has 0 aliphatic heterocycles. The van der Waals surface area contributed by atoms with Gasteiger partial charge in [0, 0.05) is 19.8 Å². The summed E-state index contributed by atoms with van der Waals surface area (Å²) >= 11 is 2.09. The van der Waals surface area contributed by atoms with Gasteiger partial charge in [-0.15, -0.1) is 0 Å². The van der Waals surface area contributed by atoms with E-state index in [1.54, 1.807) is 14.1 Å². The number of hydrogen-bond donors (Lipinski definition) is 1. The van der Waals surface area contributed by atoms with Gasteiger partial charge in [0.25, 0.3) is 5.91 Å². The normalized spacial score (nSPS) is 10.0. The SMILES string of the molecule is Cc1[nH]c(C(=O)N(C)C)nc1I. The lowest BCUT2D eigenvalue weighted by atomic mass is 10.5. The summed E-state index contributed by atoms with van der Waals surface area (Å²) in [5.74, 6) is 0.308. The summed E-state index contributed by atoms with van der Waals surface area (Å²) in [6.45, 7) is 1.89. The molecule has 0 atom stereocenters. The minimum atomic E-state index is -0.0963. The Morgan fingerprint density at radius 1 is 1.58 bits per heavy atom. The lowest BCUT2D eigenvalue weighted by Crippen LogP contribution is -2.22. The van der Waals surface area contributed by atoms with Gasteiger partial charge in [0.05, 0.1) is 0 Å². The third-order valence-electron chi connectivity index (χ3n) is 1.43. The Kier molecular flexibility index (Phi) is 2.71. The maximum Gasteiger partial charge on any atom is 0.289 e. The highest BCUT2D eigenvalue weighted by Crippen LogP contribution is 2.08. The molecule has 4 nitrogen and oxygen atoms in total. The first-order chi connectivity index (χ1) is 5.52. The fourth-order valence-corrected chi connectivity index (χ4v) is 1.13. The number of hydrogen-bond acceptors (Lipinski definition) is 2. The van der Waals surface area contributed by atoms with Crippen molar-refractivity contribution in [2.75, 3.05) is 14.1 Å². The molecule has 0 saturated heterocycles. The molecule has 1 rings (SSSR count). The highest BCUT2D eigenvalue weighted by atomic mass is 127. The van der Waals surface area contributed by atoms with Crippen LogP contribution in [-0.2, 0) is 0 Å². The fourth-order valence-electron chi connectivity index (χ4n) is 0.752. The number of rotatable bonds is 1. The Morgan fingerprint density at radius 2 is 2.17 bits per heavy atom. The summed E-state index contributed by atoms with van der Waals surface area (Å²) in [7, 11) is 3.40. The van der Waals surface area contributed by atoms with Gasteiger partial charge in [-0.05, 0) is 29.5 Å². The number of amides is 1. The van der Waals surface area contributed by atoms with Crippen molar-refractivity contribution in [2.45, 2.75) is 6.92 Å². The van der Waals surface area contributed by atoms with Crippen molar-refractivity contribution in [1.29, 1.82) is 0 Å². The molecular formula is C7H10IN3O. The van der Waals surface area contributed by atoms with Crippen LogP contribution >= 0.6 is 22.6 Å². The van der Waals surface area contributed by atoms with Gasteiger partial charge >= 0.3 is 0 Å². The van der Waals surface area contributed by atoms with Gasteiger partial charge in [-0.2, -0.15) is 0 Å². The average molecular weight is 279 g/mol. The van der Waals surface area contributed by atoms with Crippen LogP contribution in [0.2, 0.25) is 0 Å². The number of carbonyl (C=O) groups is 1. The van der Waals surface area contributed by atoms with E-state index in [0.717, 1.165) is 9.39 Å². The molecule has 0 aliphatic carbocycles. The van der Waals surface area contributed by atoms with Crippen LogP contribution in [0, 0.1) is 10.6 Å². The van der Waals surface area contributed by atoms with Gasteiger partial charge in [0.1, 0.15) is 3.70 Å². The third kappa shape index (κ3) is 1.77. The molecule has 1 aromatic rings. The highest BCUT2D eigenvalue weighted by Gasteiger charge is 2.13. The molecule has 0 saturated carbocycles. The van der Waals surface area contributed by atoms with Crippen molar-refractivity contribution in [3.63, 3.8) is 0 Å². The van der Waals surface area contributed by atoms with Crippen molar-refractivity contribution in [3.05, 3.63) is 15.2 Å². The minimum absolute atomic E-state index is 0.0963. The lowest BCUT2D eigenvalue weighted by Gasteiger charge is -2.06. The Morgan fingerprint density at radius 3 is 2.50 bits per heavy atom. The molecule has 0 spiro atoms. The lowest BCUT2D eigenvalue weighted by molar-refractivity contribution is 0.0816. The second-order valence-electron chi connectivity index (χ2n) is 2.70. The van der Waals surface area contributed by atoms with E-state index in [1.165, 1.54) is 4.90 Å². The largest absolute Gasteiger partial charge is 0.342 e. The van der Waals surface area contributed by atoms with Gasteiger partial charge < -0.3 is 9.88 Å². The second kappa shape index (κ2) is 3.42. The quantitative estimate of drug-likeness (QED) is 0.780.